The number of benzene rings is 1. The van der Waals surface area contributed by atoms with Crippen LogP contribution in [-0.2, 0) is 11.2 Å². The van der Waals surface area contributed by atoms with Crippen molar-refractivity contribution in [2.24, 2.45) is 0 Å². The molecular formula is C19H18BrN3O3. The van der Waals surface area contributed by atoms with Crippen molar-refractivity contribution in [1.29, 1.82) is 0 Å². The van der Waals surface area contributed by atoms with E-state index in [4.69, 9.17) is 9.47 Å². The summed E-state index contributed by atoms with van der Waals surface area (Å²) in [5.74, 6) is 0.968. The summed E-state index contributed by atoms with van der Waals surface area (Å²) in [7, 11) is 0. The number of rotatable bonds is 7. The van der Waals surface area contributed by atoms with Crippen LogP contribution in [0, 0.1) is 0 Å². The Bertz CT molecular complexity index is 881. The molecule has 6 nitrogen and oxygen atoms in total. The lowest BCUT2D eigenvalue weighted by atomic mass is 10.2. The largest absolute Gasteiger partial charge is 0.490 e. The van der Waals surface area contributed by atoms with E-state index in [1.807, 2.05) is 49.4 Å². The van der Waals surface area contributed by atoms with Crippen LogP contribution in [0.4, 0.5) is 0 Å². The zero-order valence-corrected chi connectivity index (χ0v) is 15.8. The number of esters is 1. The van der Waals surface area contributed by atoms with Gasteiger partial charge in [0.1, 0.15) is 24.5 Å². The topological polar surface area (TPSA) is 66.2 Å². The third kappa shape index (κ3) is 4.29. The number of carbonyl (C=O) groups is 1. The molecule has 0 spiro atoms. The van der Waals surface area contributed by atoms with E-state index in [0.29, 0.717) is 23.6 Å². The number of nitrogens with zero attached hydrogens (tertiary/aromatic N) is 3. The highest BCUT2D eigenvalue weighted by molar-refractivity contribution is 9.10. The van der Waals surface area contributed by atoms with Gasteiger partial charge in [0.2, 0.25) is 0 Å². The van der Waals surface area contributed by atoms with Crippen molar-refractivity contribution in [3.63, 3.8) is 0 Å². The van der Waals surface area contributed by atoms with Crippen molar-refractivity contribution < 1.29 is 14.3 Å². The highest BCUT2D eigenvalue weighted by Crippen LogP contribution is 2.18. The summed E-state index contributed by atoms with van der Waals surface area (Å²) in [5.41, 5.74) is 1.21. The van der Waals surface area contributed by atoms with Crippen LogP contribution < -0.4 is 4.74 Å². The maximum Gasteiger partial charge on any atom is 0.341 e. The van der Waals surface area contributed by atoms with Gasteiger partial charge in [-0.15, -0.1) is 0 Å². The van der Waals surface area contributed by atoms with E-state index >= 15 is 0 Å². The molecule has 3 rings (SSSR count). The van der Waals surface area contributed by atoms with E-state index in [-0.39, 0.29) is 13.2 Å². The van der Waals surface area contributed by atoms with Crippen LogP contribution in [-0.4, -0.2) is 33.9 Å². The third-order valence-electron chi connectivity index (χ3n) is 3.67. The Kier molecular flexibility index (Phi) is 6.01. The molecule has 0 unspecified atom stereocenters. The van der Waals surface area contributed by atoms with Gasteiger partial charge >= 0.3 is 5.97 Å². The maximum atomic E-state index is 12.4. The third-order valence-corrected chi connectivity index (χ3v) is 4.16. The summed E-state index contributed by atoms with van der Waals surface area (Å²) in [6, 6.07) is 13.0. The predicted octanol–water partition coefficient (Wildman–Crippen LogP) is 3.83. The standard InChI is InChI=1S/C19H18BrN3O3/c1-2-17-16(13-22-23(17)18-8-3-4-9-21-18)19(24)26-11-10-25-15-7-5-6-14(20)12-15/h3-9,12-13H,2,10-11H2,1H3. The van der Waals surface area contributed by atoms with Crippen LogP contribution in [0.25, 0.3) is 5.82 Å². The number of ether oxygens (including phenoxy) is 2. The van der Waals surface area contributed by atoms with Gasteiger partial charge in [0.05, 0.1) is 11.9 Å². The molecule has 0 radical (unpaired) electrons. The normalized spacial score (nSPS) is 10.5. The number of pyridine rings is 1. The maximum absolute atomic E-state index is 12.4. The molecule has 26 heavy (non-hydrogen) atoms. The number of aromatic nitrogens is 3. The number of hydrogen-bond donors (Lipinski definition) is 0. The Morgan fingerprint density at radius 1 is 1.19 bits per heavy atom. The first kappa shape index (κ1) is 18.1. The van der Waals surface area contributed by atoms with Crippen molar-refractivity contribution in [2.45, 2.75) is 13.3 Å². The Balaban J connectivity index is 1.60. The Hall–Kier alpha value is -2.67. The molecule has 0 amide bonds. The summed E-state index contributed by atoms with van der Waals surface area (Å²) < 4.78 is 13.5. The summed E-state index contributed by atoms with van der Waals surface area (Å²) in [6.45, 7) is 2.39. The Morgan fingerprint density at radius 2 is 2.08 bits per heavy atom. The predicted molar refractivity (Wildman–Crippen MR) is 101 cm³/mol. The molecule has 7 heteroatoms. The molecule has 0 aliphatic heterocycles. The number of carbonyl (C=O) groups excluding carboxylic acids is 1. The van der Waals surface area contributed by atoms with Crippen molar-refractivity contribution in [3.8, 4) is 11.6 Å². The number of hydrogen-bond acceptors (Lipinski definition) is 5. The van der Waals surface area contributed by atoms with Crippen molar-refractivity contribution in [1.82, 2.24) is 14.8 Å². The van der Waals surface area contributed by atoms with Gasteiger partial charge < -0.3 is 9.47 Å². The monoisotopic (exact) mass is 415 g/mol. The molecule has 0 bridgehead atoms. The molecule has 3 aromatic rings. The zero-order chi connectivity index (χ0) is 18.4. The quantitative estimate of drug-likeness (QED) is 0.433. The lowest BCUT2D eigenvalue weighted by Crippen LogP contribution is -2.14. The smallest absolute Gasteiger partial charge is 0.341 e. The van der Waals surface area contributed by atoms with Crippen LogP contribution in [0.2, 0.25) is 0 Å². The minimum Gasteiger partial charge on any atom is -0.490 e. The molecule has 1 aromatic carbocycles. The lowest BCUT2D eigenvalue weighted by molar-refractivity contribution is 0.0449. The molecule has 0 N–H and O–H groups in total. The molecule has 0 saturated carbocycles. The lowest BCUT2D eigenvalue weighted by Gasteiger charge is -2.09. The minimum atomic E-state index is -0.415. The molecule has 0 saturated heterocycles. The molecule has 0 aliphatic rings. The van der Waals surface area contributed by atoms with Gasteiger partial charge in [0, 0.05) is 10.7 Å². The van der Waals surface area contributed by atoms with E-state index in [9.17, 15) is 4.79 Å². The second-order valence-corrected chi connectivity index (χ2v) is 6.32. The van der Waals surface area contributed by atoms with Crippen molar-refractivity contribution >= 4 is 21.9 Å². The number of halogens is 1. The summed E-state index contributed by atoms with van der Waals surface area (Å²) >= 11 is 3.38. The molecule has 0 atom stereocenters. The van der Waals surface area contributed by atoms with Gasteiger partial charge in [-0.05, 0) is 36.8 Å². The van der Waals surface area contributed by atoms with Gasteiger partial charge in [-0.25, -0.2) is 14.5 Å². The molecule has 2 heterocycles. The van der Waals surface area contributed by atoms with Crippen LogP contribution in [0.5, 0.6) is 5.75 Å². The zero-order valence-electron chi connectivity index (χ0n) is 14.3. The average molecular weight is 416 g/mol. The van der Waals surface area contributed by atoms with E-state index in [0.717, 1.165) is 10.2 Å². The van der Waals surface area contributed by atoms with Crippen molar-refractivity contribution in [2.75, 3.05) is 13.2 Å². The van der Waals surface area contributed by atoms with Crippen LogP contribution in [0.3, 0.4) is 0 Å². The van der Waals surface area contributed by atoms with Crippen LogP contribution in [0.15, 0.2) is 59.3 Å². The van der Waals surface area contributed by atoms with Gasteiger partial charge in [-0.3, -0.25) is 0 Å². The van der Waals surface area contributed by atoms with Crippen molar-refractivity contribution in [3.05, 3.63) is 70.6 Å². The van der Waals surface area contributed by atoms with E-state index < -0.39 is 5.97 Å². The highest BCUT2D eigenvalue weighted by Gasteiger charge is 2.18. The fraction of sp³-hybridized carbons (Fsp3) is 0.211. The SMILES string of the molecule is CCc1c(C(=O)OCCOc2cccc(Br)c2)cnn1-c1ccccn1. The summed E-state index contributed by atoms with van der Waals surface area (Å²) in [5, 5.41) is 4.28. The molecule has 134 valence electrons. The molecular weight excluding hydrogens is 398 g/mol. The van der Waals surface area contributed by atoms with Crippen LogP contribution >= 0.6 is 15.9 Å². The van der Waals surface area contributed by atoms with E-state index in [1.165, 1.54) is 6.20 Å². The Morgan fingerprint density at radius 3 is 2.81 bits per heavy atom. The first-order valence-corrected chi connectivity index (χ1v) is 9.02. The summed E-state index contributed by atoms with van der Waals surface area (Å²) in [4.78, 5) is 16.6. The van der Waals surface area contributed by atoms with Gasteiger partial charge in [0.15, 0.2) is 5.82 Å². The fourth-order valence-electron chi connectivity index (χ4n) is 2.49. The fourth-order valence-corrected chi connectivity index (χ4v) is 2.87. The first-order valence-electron chi connectivity index (χ1n) is 8.23. The highest BCUT2D eigenvalue weighted by atomic mass is 79.9. The summed E-state index contributed by atoms with van der Waals surface area (Å²) in [6.07, 6.45) is 3.84. The Labute approximate surface area is 159 Å². The van der Waals surface area contributed by atoms with Gasteiger partial charge in [-0.1, -0.05) is 35.0 Å². The minimum absolute atomic E-state index is 0.156. The van der Waals surface area contributed by atoms with Gasteiger partial charge in [-0.2, -0.15) is 5.10 Å². The first-order chi connectivity index (χ1) is 12.7. The second-order valence-electron chi connectivity index (χ2n) is 5.40. The average Bonchev–Trinajstić information content (AvgIpc) is 3.10. The molecule has 0 fully saturated rings. The van der Waals surface area contributed by atoms with E-state index in [1.54, 1.807) is 10.9 Å². The van der Waals surface area contributed by atoms with E-state index in [2.05, 4.69) is 26.0 Å². The second kappa shape index (κ2) is 8.62. The molecule has 2 aromatic heterocycles. The van der Waals surface area contributed by atoms with Crippen LogP contribution in [0.1, 0.15) is 23.0 Å². The van der Waals surface area contributed by atoms with Gasteiger partial charge in [0.25, 0.3) is 0 Å². The molecule has 0 aliphatic carbocycles.